The lowest BCUT2D eigenvalue weighted by atomic mass is 9.96. The molecule has 0 unspecified atom stereocenters. The highest BCUT2D eigenvalue weighted by atomic mass is 16.5. The zero-order chi connectivity index (χ0) is 13.5. The first-order valence-corrected chi connectivity index (χ1v) is 6.67. The van der Waals surface area contributed by atoms with Crippen molar-refractivity contribution >= 4 is 12.2 Å². The van der Waals surface area contributed by atoms with E-state index in [0.717, 1.165) is 37.9 Å². The Hall–Kier alpha value is -1.68. The second-order valence-corrected chi connectivity index (χ2v) is 4.85. The molecule has 1 heterocycles. The van der Waals surface area contributed by atoms with E-state index in [2.05, 4.69) is 5.32 Å². The van der Waals surface area contributed by atoms with E-state index in [4.69, 9.17) is 4.74 Å². The van der Waals surface area contributed by atoms with Crippen molar-refractivity contribution in [2.45, 2.75) is 25.3 Å². The van der Waals surface area contributed by atoms with Crippen LogP contribution in [0.15, 0.2) is 30.3 Å². The lowest BCUT2D eigenvalue weighted by molar-refractivity contribution is -0.125. The molecule has 1 amide bonds. The van der Waals surface area contributed by atoms with E-state index in [1.807, 2.05) is 30.3 Å². The van der Waals surface area contributed by atoms with Crippen molar-refractivity contribution < 1.29 is 14.3 Å². The lowest BCUT2D eigenvalue weighted by Gasteiger charge is -2.22. The molecule has 0 radical (unpaired) electrons. The van der Waals surface area contributed by atoms with Gasteiger partial charge in [0.25, 0.3) is 0 Å². The van der Waals surface area contributed by atoms with Crippen molar-refractivity contribution in [2.24, 2.45) is 5.92 Å². The van der Waals surface area contributed by atoms with Crippen molar-refractivity contribution in [2.75, 3.05) is 13.2 Å². The van der Waals surface area contributed by atoms with Gasteiger partial charge in [0, 0.05) is 19.6 Å². The number of amides is 1. The highest BCUT2D eigenvalue weighted by Crippen LogP contribution is 2.19. The molecule has 4 nitrogen and oxygen atoms in total. The SMILES string of the molecule is O=C[C@H](NC(=O)CC1CCOCC1)c1ccccc1. The van der Waals surface area contributed by atoms with E-state index < -0.39 is 6.04 Å². The van der Waals surface area contributed by atoms with Gasteiger partial charge in [-0.3, -0.25) is 4.79 Å². The van der Waals surface area contributed by atoms with E-state index in [0.29, 0.717) is 12.3 Å². The van der Waals surface area contributed by atoms with Gasteiger partial charge in [0.15, 0.2) is 0 Å². The first-order chi connectivity index (χ1) is 9.29. The van der Waals surface area contributed by atoms with Crippen LogP contribution in [-0.4, -0.2) is 25.4 Å². The fourth-order valence-corrected chi connectivity index (χ4v) is 2.30. The minimum atomic E-state index is -0.548. The molecule has 0 aromatic heterocycles. The van der Waals surface area contributed by atoms with Gasteiger partial charge in [0.1, 0.15) is 12.3 Å². The van der Waals surface area contributed by atoms with Gasteiger partial charge in [-0.15, -0.1) is 0 Å². The summed E-state index contributed by atoms with van der Waals surface area (Å²) in [4.78, 5) is 23.0. The normalized spacial score (nSPS) is 17.7. The summed E-state index contributed by atoms with van der Waals surface area (Å²) in [6, 6.07) is 8.73. The van der Waals surface area contributed by atoms with Crippen LogP contribution in [0.4, 0.5) is 0 Å². The van der Waals surface area contributed by atoms with Crippen LogP contribution in [0.25, 0.3) is 0 Å². The smallest absolute Gasteiger partial charge is 0.221 e. The standard InChI is InChI=1S/C15H19NO3/c17-11-14(13-4-2-1-3-5-13)16-15(18)10-12-6-8-19-9-7-12/h1-5,11-12,14H,6-10H2,(H,16,18)/t14-/m0/s1. The van der Waals surface area contributed by atoms with E-state index >= 15 is 0 Å². The first-order valence-electron chi connectivity index (χ1n) is 6.67. The Balaban J connectivity index is 1.87. The van der Waals surface area contributed by atoms with Crippen LogP contribution in [0, 0.1) is 5.92 Å². The molecule has 1 saturated heterocycles. The van der Waals surface area contributed by atoms with Crippen molar-refractivity contribution in [3.05, 3.63) is 35.9 Å². The second-order valence-electron chi connectivity index (χ2n) is 4.85. The van der Waals surface area contributed by atoms with Crippen LogP contribution >= 0.6 is 0 Å². The third-order valence-electron chi connectivity index (χ3n) is 3.43. The molecule has 19 heavy (non-hydrogen) atoms. The Morgan fingerprint density at radius 2 is 2.00 bits per heavy atom. The summed E-state index contributed by atoms with van der Waals surface area (Å²) >= 11 is 0. The van der Waals surface area contributed by atoms with E-state index in [-0.39, 0.29) is 5.91 Å². The molecular formula is C15H19NO3. The zero-order valence-corrected chi connectivity index (χ0v) is 10.9. The maximum atomic E-state index is 11.9. The minimum Gasteiger partial charge on any atom is -0.381 e. The topological polar surface area (TPSA) is 55.4 Å². The van der Waals surface area contributed by atoms with Gasteiger partial charge in [0.2, 0.25) is 5.91 Å². The maximum absolute atomic E-state index is 11.9. The Labute approximate surface area is 113 Å². The highest BCUT2D eigenvalue weighted by molar-refractivity contribution is 5.80. The van der Waals surface area contributed by atoms with E-state index in [1.54, 1.807) is 0 Å². The molecule has 0 saturated carbocycles. The predicted octanol–water partition coefficient (Wildman–Crippen LogP) is 1.86. The minimum absolute atomic E-state index is 0.0622. The van der Waals surface area contributed by atoms with Crippen LogP contribution in [0.3, 0.4) is 0 Å². The number of nitrogens with one attached hydrogen (secondary N) is 1. The van der Waals surface area contributed by atoms with E-state index in [9.17, 15) is 9.59 Å². The first kappa shape index (κ1) is 13.7. The Kier molecular flexibility index (Phi) is 5.10. The van der Waals surface area contributed by atoms with Crippen molar-refractivity contribution in [3.63, 3.8) is 0 Å². The van der Waals surface area contributed by atoms with E-state index in [1.165, 1.54) is 0 Å². The molecule has 0 aliphatic carbocycles. The Morgan fingerprint density at radius 3 is 2.63 bits per heavy atom. The molecule has 1 aliphatic heterocycles. The lowest BCUT2D eigenvalue weighted by Crippen LogP contribution is -2.32. The third kappa shape index (κ3) is 4.17. The molecule has 0 bridgehead atoms. The fraction of sp³-hybridized carbons (Fsp3) is 0.467. The molecule has 1 atom stereocenters. The number of hydrogen-bond acceptors (Lipinski definition) is 3. The summed E-state index contributed by atoms with van der Waals surface area (Å²) in [6.45, 7) is 1.46. The number of aldehydes is 1. The number of ether oxygens (including phenoxy) is 1. The summed E-state index contributed by atoms with van der Waals surface area (Å²) in [5.74, 6) is 0.310. The van der Waals surface area contributed by atoms with Crippen LogP contribution in [-0.2, 0) is 14.3 Å². The van der Waals surface area contributed by atoms with Crippen LogP contribution < -0.4 is 5.32 Å². The van der Waals surface area contributed by atoms with Crippen molar-refractivity contribution in [1.82, 2.24) is 5.32 Å². The average molecular weight is 261 g/mol. The number of hydrogen-bond donors (Lipinski definition) is 1. The summed E-state index contributed by atoms with van der Waals surface area (Å²) in [5, 5.41) is 2.78. The third-order valence-corrected chi connectivity index (χ3v) is 3.43. The molecule has 1 aromatic carbocycles. The second kappa shape index (κ2) is 7.04. The summed E-state index contributed by atoms with van der Waals surface area (Å²) < 4.78 is 5.26. The van der Waals surface area contributed by atoms with Gasteiger partial charge in [-0.2, -0.15) is 0 Å². The quantitative estimate of drug-likeness (QED) is 0.823. The molecule has 2 rings (SSSR count). The van der Waals surface area contributed by atoms with Gasteiger partial charge in [-0.1, -0.05) is 30.3 Å². The Bertz CT molecular complexity index is 413. The molecule has 102 valence electrons. The molecular weight excluding hydrogens is 242 g/mol. The maximum Gasteiger partial charge on any atom is 0.221 e. The van der Waals surface area contributed by atoms with Gasteiger partial charge in [-0.05, 0) is 24.3 Å². The van der Waals surface area contributed by atoms with Gasteiger partial charge in [0.05, 0.1) is 0 Å². The largest absolute Gasteiger partial charge is 0.381 e. The highest BCUT2D eigenvalue weighted by Gasteiger charge is 2.19. The molecule has 1 fully saturated rings. The summed E-state index contributed by atoms with van der Waals surface area (Å²) in [7, 11) is 0. The molecule has 4 heteroatoms. The van der Waals surface area contributed by atoms with Crippen LogP contribution in [0.1, 0.15) is 30.9 Å². The van der Waals surface area contributed by atoms with Gasteiger partial charge in [-0.25, -0.2) is 0 Å². The summed E-state index contributed by atoms with van der Waals surface area (Å²) in [5.41, 5.74) is 0.817. The van der Waals surface area contributed by atoms with Gasteiger partial charge < -0.3 is 14.8 Å². The van der Waals surface area contributed by atoms with Crippen LogP contribution in [0.2, 0.25) is 0 Å². The molecule has 1 aromatic rings. The van der Waals surface area contributed by atoms with Crippen molar-refractivity contribution in [3.8, 4) is 0 Å². The molecule has 1 N–H and O–H groups in total. The molecule has 1 aliphatic rings. The predicted molar refractivity (Wildman–Crippen MR) is 71.5 cm³/mol. The molecule has 0 spiro atoms. The number of carbonyl (C=O) groups excluding carboxylic acids is 2. The van der Waals surface area contributed by atoms with Crippen LogP contribution in [0.5, 0.6) is 0 Å². The number of rotatable bonds is 5. The number of carbonyl (C=O) groups is 2. The Morgan fingerprint density at radius 1 is 1.32 bits per heavy atom. The van der Waals surface area contributed by atoms with Gasteiger partial charge >= 0.3 is 0 Å². The fourth-order valence-electron chi connectivity index (χ4n) is 2.30. The monoisotopic (exact) mass is 261 g/mol. The number of benzene rings is 1. The zero-order valence-electron chi connectivity index (χ0n) is 10.9. The average Bonchev–Trinajstić information content (AvgIpc) is 2.47. The van der Waals surface area contributed by atoms with Crippen molar-refractivity contribution in [1.29, 1.82) is 0 Å². The summed E-state index contributed by atoms with van der Waals surface area (Å²) in [6.07, 6.45) is 3.09.